The SMILES string of the molecule is O=C([O-])C[NH+](Cc1ccc(F)cc1)Cc1ccco1. The molecule has 19 heavy (non-hydrogen) atoms. The van der Waals surface area contributed by atoms with Crippen LogP contribution < -0.4 is 10.0 Å². The number of hydrogen-bond donors (Lipinski definition) is 1. The Morgan fingerprint density at radius 3 is 2.53 bits per heavy atom. The van der Waals surface area contributed by atoms with Gasteiger partial charge in [0.1, 0.15) is 25.5 Å². The highest BCUT2D eigenvalue weighted by Gasteiger charge is 2.12. The topological polar surface area (TPSA) is 57.7 Å². The fourth-order valence-electron chi connectivity index (χ4n) is 1.94. The normalized spacial score (nSPS) is 12.3. The van der Waals surface area contributed by atoms with Crippen molar-refractivity contribution < 1.29 is 23.6 Å². The molecule has 1 atom stereocenters. The van der Waals surface area contributed by atoms with Gasteiger partial charge >= 0.3 is 0 Å². The molecule has 0 aliphatic heterocycles. The van der Waals surface area contributed by atoms with Gasteiger partial charge in [-0.25, -0.2) is 4.39 Å². The Hall–Kier alpha value is -2.14. The Bertz CT molecular complexity index is 522. The van der Waals surface area contributed by atoms with Gasteiger partial charge in [0.25, 0.3) is 0 Å². The Morgan fingerprint density at radius 2 is 1.95 bits per heavy atom. The van der Waals surface area contributed by atoms with Crippen LogP contribution in [0.3, 0.4) is 0 Å². The number of nitrogens with one attached hydrogen (secondary N) is 1. The van der Waals surface area contributed by atoms with Gasteiger partial charge in [-0.3, -0.25) is 0 Å². The van der Waals surface area contributed by atoms with E-state index in [4.69, 9.17) is 4.42 Å². The molecule has 1 aromatic heterocycles. The zero-order valence-corrected chi connectivity index (χ0v) is 10.3. The molecule has 0 aliphatic carbocycles. The van der Waals surface area contributed by atoms with Crippen molar-refractivity contribution in [1.82, 2.24) is 0 Å². The lowest BCUT2D eigenvalue weighted by Crippen LogP contribution is -3.10. The predicted octanol–water partition coefficient (Wildman–Crippen LogP) is -0.246. The Balaban J connectivity index is 2.04. The molecule has 2 rings (SSSR count). The van der Waals surface area contributed by atoms with Gasteiger partial charge in [-0.05, 0) is 24.3 Å². The molecular formula is C14H14FNO3. The van der Waals surface area contributed by atoms with Crippen LogP contribution in [0.1, 0.15) is 11.3 Å². The fraction of sp³-hybridized carbons (Fsp3) is 0.214. The van der Waals surface area contributed by atoms with Gasteiger partial charge < -0.3 is 19.2 Å². The highest BCUT2D eigenvalue weighted by Crippen LogP contribution is 2.02. The van der Waals surface area contributed by atoms with E-state index in [2.05, 4.69) is 0 Å². The van der Waals surface area contributed by atoms with E-state index in [1.165, 1.54) is 12.1 Å². The van der Waals surface area contributed by atoms with Crippen molar-refractivity contribution in [1.29, 1.82) is 0 Å². The average Bonchev–Trinajstić information content (AvgIpc) is 2.84. The summed E-state index contributed by atoms with van der Waals surface area (Å²) in [5.41, 5.74) is 0.865. The Labute approximate surface area is 110 Å². The van der Waals surface area contributed by atoms with Crippen molar-refractivity contribution in [3.8, 4) is 0 Å². The van der Waals surface area contributed by atoms with E-state index in [0.29, 0.717) is 18.8 Å². The van der Waals surface area contributed by atoms with E-state index in [1.54, 1.807) is 30.5 Å². The van der Waals surface area contributed by atoms with Crippen molar-refractivity contribution in [3.63, 3.8) is 0 Å². The minimum absolute atomic E-state index is 0.127. The van der Waals surface area contributed by atoms with E-state index < -0.39 is 5.97 Å². The van der Waals surface area contributed by atoms with Crippen molar-refractivity contribution >= 4 is 5.97 Å². The summed E-state index contributed by atoms with van der Waals surface area (Å²) in [4.78, 5) is 11.5. The summed E-state index contributed by atoms with van der Waals surface area (Å²) in [6, 6.07) is 9.56. The van der Waals surface area contributed by atoms with Gasteiger partial charge in [0.2, 0.25) is 0 Å². The summed E-state index contributed by atoms with van der Waals surface area (Å²) in [6.07, 6.45) is 1.55. The first-order chi connectivity index (χ1) is 9.13. The Kier molecular flexibility index (Phi) is 4.30. The lowest BCUT2D eigenvalue weighted by molar-refractivity contribution is -0.922. The zero-order chi connectivity index (χ0) is 13.7. The lowest BCUT2D eigenvalue weighted by atomic mass is 10.2. The number of carbonyl (C=O) groups excluding carboxylic acids is 1. The molecular weight excluding hydrogens is 249 g/mol. The fourth-order valence-corrected chi connectivity index (χ4v) is 1.94. The van der Waals surface area contributed by atoms with Gasteiger partial charge in [0.05, 0.1) is 12.2 Å². The summed E-state index contributed by atoms with van der Waals surface area (Å²) in [5.74, 6) is -0.724. The molecule has 0 saturated carbocycles. The van der Waals surface area contributed by atoms with Crippen molar-refractivity contribution in [2.75, 3.05) is 6.54 Å². The molecule has 100 valence electrons. The maximum absolute atomic E-state index is 12.8. The van der Waals surface area contributed by atoms with Crippen molar-refractivity contribution in [2.45, 2.75) is 13.1 Å². The molecule has 1 unspecified atom stereocenters. The molecule has 0 aliphatic rings. The van der Waals surface area contributed by atoms with Gasteiger partial charge in [0, 0.05) is 5.56 Å². The number of aliphatic carboxylic acids is 1. The van der Waals surface area contributed by atoms with Crippen molar-refractivity contribution in [3.05, 3.63) is 59.8 Å². The van der Waals surface area contributed by atoms with E-state index in [1.807, 2.05) is 0 Å². The molecule has 1 heterocycles. The zero-order valence-electron chi connectivity index (χ0n) is 10.3. The largest absolute Gasteiger partial charge is 0.544 e. The number of benzene rings is 1. The van der Waals surface area contributed by atoms with Crippen molar-refractivity contribution in [2.24, 2.45) is 0 Å². The summed E-state index contributed by atoms with van der Waals surface area (Å²) in [5, 5.41) is 10.8. The molecule has 1 aromatic carbocycles. The standard InChI is InChI=1S/C14H14FNO3/c15-12-5-3-11(4-6-12)8-16(10-14(17)18)9-13-2-1-7-19-13/h1-7H,8-10H2,(H,17,18). The quantitative estimate of drug-likeness (QED) is 0.782. The van der Waals surface area contributed by atoms with E-state index in [-0.39, 0.29) is 12.4 Å². The van der Waals surface area contributed by atoms with Crippen LogP contribution in [0.2, 0.25) is 0 Å². The minimum atomic E-state index is -1.12. The van der Waals surface area contributed by atoms with Crippen LogP contribution in [0, 0.1) is 5.82 Å². The number of furan rings is 1. The molecule has 0 radical (unpaired) electrons. The maximum atomic E-state index is 12.8. The molecule has 0 fully saturated rings. The first-order valence-corrected chi connectivity index (χ1v) is 5.94. The van der Waals surface area contributed by atoms with E-state index in [9.17, 15) is 14.3 Å². The monoisotopic (exact) mass is 263 g/mol. The lowest BCUT2D eigenvalue weighted by Gasteiger charge is -2.19. The second-order valence-corrected chi connectivity index (χ2v) is 4.36. The van der Waals surface area contributed by atoms with E-state index >= 15 is 0 Å². The molecule has 2 aromatic rings. The van der Waals surface area contributed by atoms with Crippen LogP contribution in [0.4, 0.5) is 4.39 Å². The Morgan fingerprint density at radius 1 is 1.21 bits per heavy atom. The van der Waals surface area contributed by atoms with Crippen LogP contribution in [-0.4, -0.2) is 12.5 Å². The van der Waals surface area contributed by atoms with Gasteiger partial charge in [-0.2, -0.15) is 0 Å². The number of carboxylic acid groups (broad SMARTS) is 1. The molecule has 0 saturated heterocycles. The number of carboxylic acids is 1. The van der Waals surface area contributed by atoms with Crippen LogP contribution in [0.15, 0.2) is 47.1 Å². The third kappa shape index (κ3) is 4.22. The average molecular weight is 263 g/mol. The number of carbonyl (C=O) groups is 1. The third-order valence-electron chi connectivity index (χ3n) is 2.77. The minimum Gasteiger partial charge on any atom is -0.544 e. The second kappa shape index (κ2) is 6.15. The predicted molar refractivity (Wildman–Crippen MR) is 63.4 cm³/mol. The number of rotatable bonds is 6. The molecule has 4 nitrogen and oxygen atoms in total. The maximum Gasteiger partial charge on any atom is 0.157 e. The third-order valence-corrected chi connectivity index (χ3v) is 2.77. The number of halogens is 1. The van der Waals surface area contributed by atoms with Gasteiger partial charge in [0.15, 0.2) is 5.76 Å². The summed E-state index contributed by atoms with van der Waals surface area (Å²) < 4.78 is 18.0. The molecule has 0 bridgehead atoms. The van der Waals surface area contributed by atoms with E-state index in [0.717, 1.165) is 10.5 Å². The van der Waals surface area contributed by atoms with Gasteiger partial charge in [-0.1, -0.05) is 12.1 Å². The van der Waals surface area contributed by atoms with Gasteiger partial charge in [-0.15, -0.1) is 0 Å². The van der Waals surface area contributed by atoms with Crippen LogP contribution in [-0.2, 0) is 17.9 Å². The first-order valence-electron chi connectivity index (χ1n) is 5.94. The summed E-state index contributed by atoms with van der Waals surface area (Å²) in [7, 11) is 0. The highest BCUT2D eigenvalue weighted by molar-refractivity contribution is 5.65. The van der Waals surface area contributed by atoms with Crippen LogP contribution in [0.25, 0.3) is 0 Å². The highest BCUT2D eigenvalue weighted by atomic mass is 19.1. The van der Waals surface area contributed by atoms with Crippen LogP contribution in [0.5, 0.6) is 0 Å². The smallest absolute Gasteiger partial charge is 0.157 e. The second-order valence-electron chi connectivity index (χ2n) is 4.36. The first kappa shape index (κ1) is 13.3. The summed E-state index contributed by atoms with van der Waals surface area (Å²) >= 11 is 0. The van der Waals surface area contributed by atoms with Crippen LogP contribution >= 0.6 is 0 Å². The number of hydrogen-bond acceptors (Lipinski definition) is 3. The number of quaternary nitrogens is 1. The molecule has 1 N–H and O–H groups in total. The molecule has 0 amide bonds. The molecule has 0 spiro atoms. The molecule has 5 heteroatoms. The summed E-state index contributed by atoms with van der Waals surface area (Å²) in [6.45, 7) is 0.783.